The summed E-state index contributed by atoms with van der Waals surface area (Å²) in [7, 11) is 3.90. The van der Waals surface area contributed by atoms with Crippen molar-refractivity contribution < 1.29 is 19.0 Å². The Morgan fingerprint density at radius 3 is 2.84 bits per heavy atom. The monoisotopic (exact) mass is 267 g/mol. The molecule has 0 atom stereocenters. The van der Waals surface area contributed by atoms with Crippen LogP contribution in [0.3, 0.4) is 0 Å². The molecule has 0 aliphatic carbocycles. The molecule has 1 aromatic carbocycles. The van der Waals surface area contributed by atoms with Crippen LogP contribution in [0.15, 0.2) is 24.3 Å². The van der Waals surface area contributed by atoms with Crippen molar-refractivity contribution >= 4 is 12.0 Å². The van der Waals surface area contributed by atoms with Gasteiger partial charge in [-0.05, 0) is 32.7 Å². The molecule has 1 N–H and O–H groups in total. The van der Waals surface area contributed by atoms with Crippen LogP contribution in [0.1, 0.15) is 12.0 Å². The molecule has 0 saturated heterocycles. The molecule has 0 aliphatic rings. The number of halogens is 1. The van der Waals surface area contributed by atoms with E-state index in [-0.39, 0.29) is 5.75 Å². The summed E-state index contributed by atoms with van der Waals surface area (Å²) in [5.74, 6) is -1.47. The molecular formula is C14H18FNO3. The number of carboxylic acids is 1. The second-order valence-electron chi connectivity index (χ2n) is 4.34. The van der Waals surface area contributed by atoms with E-state index >= 15 is 0 Å². The van der Waals surface area contributed by atoms with E-state index in [0.29, 0.717) is 12.2 Å². The highest BCUT2D eigenvalue weighted by atomic mass is 19.1. The molecule has 0 heterocycles. The number of hydrogen-bond donors (Lipinski definition) is 1. The average Bonchev–Trinajstić information content (AvgIpc) is 2.33. The van der Waals surface area contributed by atoms with Gasteiger partial charge in [0.15, 0.2) is 11.6 Å². The normalized spacial score (nSPS) is 11.2. The Bertz CT molecular complexity index is 458. The van der Waals surface area contributed by atoms with Gasteiger partial charge in [-0.25, -0.2) is 9.18 Å². The van der Waals surface area contributed by atoms with Crippen molar-refractivity contribution in [1.82, 2.24) is 4.90 Å². The van der Waals surface area contributed by atoms with Crippen molar-refractivity contribution in [2.75, 3.05) is 27.2 Å². The summed E-state index contributed by atoms with van der Waals surface area (Å²) in [6, 6.07) is 4.42. The van der Waals surface area contributed by atoms with Crippen LogP contribution >= 0.6 is 0 Å². The van der Waals surface area contributed by atoms with Gasteiger partial charge in [-0.15, -0.1) is 0 Å². The number of carbonyl (C=O) groups is 1. The maximum atomic E-state index is 13.6. The molecule has 19 heavy (non-hydrogen) atoms. The van der Waals surface area contributed by atoms with Crippen LogP contribution in [0.4, 0.5) is 4.39 Å². The van der Waals surface area contributed by atoms with Gasteiger partial charge >= 0.3 is 5.97 Å². The van der Waals surface area contributed by atoms with Gasteiger partial charge in [0, 0.05) is 18.2 Å². The molecule has 0 radical (unpaired) electrons. The molecule has 0 fully saturated rings. The van der Waals surface area contributed by atoms with Crippen molar-refractivity contribution in [2.24, 2.45) is 0 Å². The van der Waals surface area contributed by atoms with E-state index in [2.05, 4.69) is 0 Å². The van der Waals surface area contributed by atoms with Crippen LogP contribution in [-0.2, 0) is 4.79 Å². The molecule has 0 aliphatic heterocycles. The summed E-state index contributed by atoms with van der Waals surface area (Å²) in [5, 5.41) is 8.58. The van der Waals surface area contributed by atoms with Gasteiger partial charge in [0.05, 0.1) is 6.61 Å². The molecule has 1 rings (SSSR count). The fourth-order valence-corrected chi connectivity index (χ4v) is 1.53. The highest BCUT2D eigenvalue weighted by Crippen LogP contribution is 2.24. The zero-order valence-corrected chi connectivity index (χ0v) is 11.1. The van der Waals surface area contributed by atoms with Crippen molar-refractivity contribution in [1.29, 1.82) is 0 Å². The summed E-state index contributed by atoms with van der Waals surface area (Å²) in [5.41, 5.74) is 0.423. The predicted octanol–water partition coefficient (Wildman–Crippen LogP) is 2.25. The quantitative estimate of drug-likeness (QED) is 0.608. The molecule has 0 unspecified atom stereocenters. The van der Waals surface area contributed by atoms with Crippen molar-refractivity contribution in [2.45, 2.75) is 6.42 Å². The first kappa shape index (κ1) is 15.2. The highest BCUT2D eigenvalue weighted by Gasteiger charge is 2.08. The number of aliphatic carboxylic acids is 1. The van der Waals surface area contributed by atoms with Gasteiger partial charge in [-0.2, -0.15) is 0 Å². The molecule has 5 heteroatoms. The average molecular weight is 267 g/mol. The van der Waals surface area contributed by atoms with Crippen LogP contribution in [0, 0.1) is 5.82 Å². The summed E-state index contributed by atoms with van der Waals surface area (Å²) < 4.78 is 19.0. The second-order valence-corrected chi connectivity index (χ2v) is 4.34. The fraction of sp³-hybridized carbons (Fsp3) is 0.357. The van der Waals surface area contributed by atoms with Crippen molar-refractivity contribution in [3.05, 3.63) is 35.7 Å². The summed E-state index contributed by atoms with van der Waals surface area (Å²) in [6.45, 7) is 1.22. The Hall–Kier alpha value is -1.88. The van der Waals surface area contributed by atoms with E-state index in [4.69, 9.17) is 9.84 Å². The number of hydrogen-bond acceptors (Lipinski definition) is 3. The van der Waals surface area contributed by atoms with Gasteiger partial charge in [0.1, 0.15) is 0 Å². The van der Waals surface area contributed by atoms with Gasteiger partial charge < -0.3 is 14.7 Å². The summed E-state index contributed by atoms with van der Waals surface area (Å²) in [6.07, 6.45) is 3.05. The Labute approximate surface area is 112 Å². The number of para-hydroxylation sites is 1. The molecule has 0 aromatic heterocycles. The smallest absolute Gasteiger partial charge is 0.328 e. The van der Waals surface area contributed by atoms with E-state index in [1.54, 1.807) is 6.07 Å². The molecule has 4 nitrogen and oxygen atoms in total. The van der Waals surface area contributed by atoms with E-state index in [1.165, 1.54) is 18.2 Å². The van der Waals surface area contributed by atoms with Crippen LogP contribution < -0.4 is 4.74 Å². The first-order chi connectivity index (χ1) is 9.00. The molecule has 104 valence electrons. The summed E-state index contributed by atoms with van der Waals surface area (Å²) in [4.78, 5) is 12.5. The zero-order valence-electron chi connectivity index (χ0n) is 11.1. The Balaban J connectivity index is 2.72. The molecule has 0 spiro atoms. The standard InChI is InChI=1S/C14H18FNO3/c1-16(2)9-4-10-19-14-11(7-8-13(17)18)5-3-6-12(14)15/h3,5-8H,4,9-10H2,1-2H3,(H,17,18)/b8-7+. The maximum Gasteiger partial charge on any atom is 0.328 e. The lowest BCUT2D eigenvalue weighted by Gasteiger charge is -2.12. The molecular weight excluding hydrogens is 249 g/mol. The van der Waals surface area contributed by atoms with Crippen LogP contribution in [0.25, 0.3) is 6.08 Å². The Morgan fingerprint density at radius 2 is 2.21 bits per heavy atom. The SMILES string of the molecule is CN(C)CCCOc1c(F)cccc1/C=C/C(=O)O. The number of nitrogens with zero attached hydrogens (tertiary/aromatic N) is 1. The predicted molar refractivity (Wildman–Crippen MR) is 71.7 cm³/mol. The maximum absolute atomic E-state index is 13.6. The van der Waals surface area contributed by atoms with E-state index in [0.717, 1.165) is 19.0 Å². The van der Waals surface area contributed by atoms with E-state index in [9.17, 15) is 9.18 Å². The minimum absolute atomic E-state index is 0.0961. The summed E-state index contributed by atoms with van der Waals surface area (Å²) >= 11 is 0. The largest absolute Gasteiger partial charge is 0.490 e. The minimum atomic E-state index is -1.08. The Morgan fingerprint density at radius 1 is 1.47 bits per heavy atom. The third-order valence-electron chi connectivity index (χ3n) is 2.40. The zero-order chi connectivity index (χ0) is 14.3. The third kappa shape index (κ3) is 5.52. The molecule has 0 amide bonds. The van der Waals surface area contributed by atoms with Crippen molar-refractivity contribution in [3.8, 4) is 5.75 Å². The van der Waals surface area contributed by atoms with Crippen molar-refractivity contribution in [3.63, 3.8) is 0 Å². The number of benzene rings is 1. The molecule has 1 aromatic rings. The number of rotatable bonds is 7. The molecule has 0 bridgehead atoms. The number of carboxylic acid groups (broad SMARTS) is 1. The molecule has 0 saturated carbocycles. The lowest BCUT2D eigenvalue weighted by Crippen LogP contribution is -2.15. The lowest BCUT2D eigenvalue weighted by molar-refractivity contribution is -0.131. The second kappa shape index (κ2) is 7.53. The van der Waals surface area contributed by atoms with E-state index < -0.39 is 11.8 Å². The number of ether oxygens (including phenoxy) is 1. The van der Waals surface area contributed by atoms with Crippen LogP contribution in [0.5, 0.6) is 5.75 Å². The van der Waals surface area contributed by atoms with Gasteiger partial charge in [0.2, 0.25) is 0 Å². The highest BCUT2D eigenvalue weighted by molar-refractivity contribution is 5.85. The van der Waals surface area contributed by atoms with Crippen LogP contribution in [-0.4, -0.2) is 43.2 Å². The van der Waals surface area contributed by atoms with Crippen LogP contribution in [0.2, 0.25) is 0 Å². The van der Waals surface area contributed by atoms with Gasteiger partial charge in [-0.1, -0.05) is 12.1 Å². The minimum Gasteiger partial charge on any atom is -0.490 e. The van der Waals surface area contributed by atoms with Gasteiger partial charge in [-0.3, -0.25) is 0 Å². The lowest BCUT2D eigenvalue weighted by atomic mass is 10.2. The van der Waals surface area contributed by atoms with E-state index in [1.807, 2.05) is 19.0 Å². The van der Waals surface area contributed by atoms with Gasteiger partial charge in [0.25, 0.3) is 0 Å². The first-order valence-electron chi connectivity index (χ1n) is 5.97. The fourth-order valence-electron chi connectivity index (χ4n) is 1.53. The third-order valence-corrected chi connectivity index (χ3v) is 2.40. The first-order valence-corrected chi connectivity index (χ1v) is 5.97. The topological polar surface area (TPSA) is 49.8 Å². The Kier molecular flexibility index (Phi) is 6.02.